The lowest BCUT2D eigenvalue weighted by molar-refractivity contribution is 0.312. The molecule has 4 rings (SSSR count). The third kappa shape index (κ3) is 1.84. The zero-order valence-corrected chi connectivity index (χ0v) is 11.9. The summed E-state index contributed by atoms with van der Waals surface area (Å²) in [4.78, 5) is 0. The average Bonchev–Trinajstić information content (AvgIpc) is 3.12. The van der Waals surface area contributed by atoms with Crippen LogP contribution in [-0.2, 0) is 0 Å². The quantitative estimate of drug-likeness (QED) is 0.886. The maximum absolute atomic E-state index is 6.10. The number of anilines is 1. The van der Waals surface area contributed by atoms with E-state index in [-0.39, 0.29) is 0 Å². The number of nitrogens with zero attached hydrogens (tertiary/aromatic N) is 1. The molecule has 2 N–H and O–H groups in total. The maximum Gasteiger partial charge on any atom is 0.175 e. The number of nitrogen functional groups attached to an aromatic ring is 1. The fourth-order valence-electron chi connectivity index (χ4n) is 4.07. The highest BCUT2D eigenvalue weighted by Gasteiger charge is 2.43. The smallest absolute Gasteiger partial charge is 0.175 e. The molecule has 1 aromatic heterocycles. The van der Waals surface area contributed by atoms with Crippen LogP contribution in [0.4, 0.5) is 5.82 Å². The zero-order valence-electron chi connectivity index (χ0n) is 11.2. The van der Waals surface area contributed by atoms with Crippen molar-refractivity contribution < 1.29 is 4.52 Å². The Kier molecular flexibility index (Phi) is 2.77. The van der Waals surface area contributed by atoms with Crippen LogP contribution in [0, 0.1) is 11.8 Å². The summed E-state index contributed by atoms with van der Waals surface area (Å²) in [7, 11) is 0. The van der Waals surface area contributed by atoms with Crippen LogP contribution >= 0.6 is 11.6 Å². The number of aromatic nitrogens is 1. The topological polar surface area (TPSA) is 52.0 Å². The maximum atomic E-state index is 6.10. The molecule has 0 radical (unpaired) electrons. The Morgan fingerprint density at radius 1 is 1.25 bits per heavy atom. The van der Waals surface area contributed by atoms with Crippen molar-refractivity contribution in [3.63, 3.8) is 0 Å². The molecule has 2 fully saturated rings. The molecule has 1 heterocycles. The van der Waals surface area contributed by atoms with E-state index >= 15 is 0 Å². The molecular formula is C16H17ClN2O. The van der Waals surface area contributed by atoms with Gasteiger partial charge < -0.3 is 10.3 Å². The molecule has 0 amide bonds. The Morgan fingerprint density at radius 2 is 2.15 bits per heavy atom. The fraction of sp³-hybridized carbons (Fsp3) is 0.438. The number of fused-ring (bicyclic) bond motifs is 2. The molecule has 1 aromatic carbocycles. The number of nitrogens with two attached hydrogens (primary N) is 1. The van der Waals surface area contributed by atoms with Crippen LogP contribution in [0.3, 0.4) is 0 Å². The van der Waals surface area contributed by atoms with Crippen molar-refractivity contribution in [3.8, 4) is 11.1 Å². The van der Waals surface area contributed by atoms with E-state index in [9.17, 15) is 0 Å². The van der Waals surface area contributed by atoms with Gasteiger partial charge in [0.15, 0.2) is 5.82 Å². The second kappa shape index (κ2) is 4.52. The lowest BCUT2D eigenvalue weighted by Crippen LogP contribution is -2.08. The average molecular weight is 289 g/mol. The SMILES string of the molecule is Nc1noc(C2CC3CCC2C3)c1-c1cccc(Cl)c1. The number of benzene rings is 1. The van der Waals surface area contributed by atoms with Gasteiger partial charge in [-0.1, -0.05) is 35.3 Å². The van der Waals surface area contributed by atoms with Crippen molar-refractivity contribution in [2.75, 3.05) is 5.73 Å². The second-order valence-corrected chi connectivity index (χ2v) is 6.54. The van der Waals surface area contributed by atoms with E-state index in [1.54, 1.807) is 0 Å². The van der Waals surface area contributed by atoms with Crippen LogP contribution in [0.1, 0.15) is 37.4 Å². The van der Waals surface area contributed by atoms with E-state index in [0.717, 1.165) is 28.7 Å². The molecule has 3 unspecified atom stereocenters. The van der Waals surface area contributed by atoms with Crippen LogP contribution in [0.15, 0.2) is 28.8 Å². The third-order valence-corrected chi connectivity index (χ3v) is 5.17. The number of hydrogen-bond acceptors (Lipinski definition) is 3. The van der Waals surface area contributed by atoms with Crippen LogP contribution in [0.2, 0.25) is 5.02 Å². The molecular weight excluding hydrogens is 272 g/mol. The summed E-state index contributed by atoms with van der Waals surface area (Å²) in [5, 5.41) is 4.72. The molecule has 0 spiro atoms. The Bertz CT molecular complexity index is 652. The van der Waals surface area contributed by atoms with Gasteiger partial charge in [0.2, 0.25) is 0 Å². The minimum absolute atomic E-state index is 0.477. The van der Waals surface area contributed by atoms with E-state index in [0.29, 0.717) is 16.8 Å². The van der Waals surface area contributed by atoms with E-state index < -0.39 is 0 Å². The molecule has 3 atom stereocenters. The standard InChI is InChI=1S/C16H17ClN2O/c17-12-3-1-2-11(8-12)14-15(20-19-16(14)18)13-7-9-4-5-10(13)6-9/h1-3,8-10,13H,4-7H2,(H2,18,19). The van der Waals surface area contributed by atoms with Crippen LogP contribution in [-0.4, -0.2) is 5.16 Å². The molecule has 2 aromatic rings. The predicted molar refractivity (Wildman–Crippen MR) is 79.6 cm³/mol. The van der Waals surface area contributed by atoms with E-state index in [2.05, 4.69) is 5.16 Å². The number of halogens is 1. The minimum atomic E-state index is 0.477. The molecule has 2 bridgehead atoms. The molecule has 2 saturated carbocycles. The van der Waals surface area contributed by atoms with Gasteiger partial charge in [0, 0.05) is 10.9 Å². The van der Waals surface area contributed by atoms with Gasteiger partial charge in [-0.15, -0.1) is 0 Å². The summed E-state index contributed by atoms with van der Waals surface area (Å²) in [6.45, 7) is 0. The van der Waals surface area contributed by atoms with Gasteiger partial charge >= 0.3 is 0 Å². The summed E-state index contributed by atoms with van der Waals surface area (Å²) in [6, 6.07) is 7.76. The fourth-order valence-corrected chi connectivity index (χ4v) is 4.26. The van der Waals surface area contributed by atoms with Crippen molar-refractivity contribution in [2.45, 2.75) is 31.6 Å². The van der Waals surface area contributed by atoms with Gasteiger partial charge in [0.25, 0.3) is 0 Å². The lowest BCUT2D eigenvalue weighted by Gasteiger charge is -2.20. The monoisotopic (exact) mass is 288 g/mol. The first-order chi connectivity index (χ1) is 9.72. The Hall–Kier alpha value is -1.48. The van der Waals surface area contributed by atoms with Crippen LogP contribution < -0.4 is 5.73 Å². The van der Waals surface area contributed by atoms with Crippen molar-refractivity contribution >= 4 is 17.4 Å². The van der Waals surface area contributed by atoms with Crippen LogP contribution in [0.5, 0.6) is 0 Å². The largest absolute Gasteiger partial charge is 0.380 e. The van der Waals surface area contributed by atoms with Crippen molar-refractivity contribution in [3.05, 3.63) is 35.0 Å². The van der Waals surface area contributed by atoms with Crippen LogP contribution in [0.25, 0.3) is 11.1 Å². The van der Waals surface area contributed by atoms with E-state index in [1.165, 1.54) is 25.7 Å². The number of rotatable bonds is 2. The Balaban J connectivity index is 1.78. The van der Waals surface area contributed by atoms with E-state index in [4.69, 9.17) is 21.9 Å². The first kappa shape index (κ1) is 12.3. The molecule has 2 aliphatic carbocycles. The first-order valence-corrected chi connectivity index (χ1v) is 7.61. The van der Waals surface area contributed by atoms with Gasteiger partial charge in [-0.05, 0) is 48.8 Å². The molecule has 0 saturated heterocycles. The summed E-state index contributed by atoms with van der Waals surface area (Å²) in [5.74, 6) is 3.53. The minimum Gasteiger partial charge on any atom is -0.380 e. The third-order valence-electron chi connectivity index (χ3n) is 4.93. The highest BCUT2D eigenvalue weighted by molar-refractivity contribution is 6.30. The summed E-state index contributed by atoms with van der Waals surface area (Å²) < 4.78 is 5.61. The van der Waals surface area contributed by atoms with E-state index in [1.807, 2.05) is 24.3 Å². The molecule has 0 aliphatic heterocycles. The molecule has 20 heavy (non-hydrogen) atoms. The van der Waals surface area contributed by atoms with Gasteiger partial charge in [0.1, 0.15) is 5.76 Å². The predicted octanol–water partition coefficient (Wildman–Crippen LogP) is 4.48. The first-order valence-electron chi connectivity index (χ1n) is 7.23. The summed E-state index contributed by atoms with van der Waals surface area (Å²) >= 11 is 6.10. The highest BCUT2D eigenvalue weighted by atomic mass is 35.5. The molecule has 104 valence electrons. The summed E-state index contributed by atoms with van der Waals surface area (Å²) in [5.41, 5.74) is 8.00. The van der Waals surface area contributed by atoms with Gasteiger partial charge in [0.05, 0.1) is 5.56 Å². The normalized spacial score (nSPS) is 28.1. The van der Waals surface area contributed by atoms with Crippen molar-refractivity contribution in [1.82, 2.24) is 5.16 Å². The Labute approximate surface area is 123 Å². The van der Waals surface area contributed by atoms with Gasteiger partial charge in [-0.25, -0.2) is 0 Å². The second-order valence-electron chi connectivity index (χ2n) is 6.10. The van der Waals surface area contributed by atoms with Crippen molar-refractivity contribution in [2.24, 2.45) is 11.8 Å². The van der Waals surface area contributed by atoms with Gasteiger partial charge in [-0.2, -0.15) is 0 Å². The van der Waals surface area contributed by atoms with Gasteiger partial charge in [-0.3, -0.25) is 0 Å². The zero-order chi connectivity index (χ0) is 13.7. The molecule has 2 aliphatic rings. The lowest BCUT2D eigenvalue weighted by atomic mass is 9.84. The number of hydrogen-bond donors (Lipinski definition) is 1. The highest BCUT2D eigenvalue weighted by Crippen LogP contribution is 2.55. The van der Waals surface area contributed by atoms with Crippen molar-refractivity contribution in [1.29, 1.82) is 0 Å². The summed E-state index contributed by atoms with van der Waals surface area (Å²) in [6.07, 6.45) is 5.23. The molecule has 3 nitrogen and oxygen atoms in total. The Morgan fingerprint density at radius 3 is 2.85 bits per heavy atom. The molecule has 4 heteroatoms.